The van der Waals surface area contributed by atoms with E-state index >= 15 is 0 Å². The lowest BCUT2D eigenvalue weighted by Gasteiger charge is -2.08. The summed E-state index contributed by atoms with van der Waals surface area (Å²) < 4.78 is 1.84. The van der Waals surface area contributed by atoms with E-state index in [0.29, 0.717) is 0 Å². The normalized spacial score (nSPS) is 10.3. The van der Waals surface area contributed by atoms with Crippen LogP contribution in [0.5, 0.6) is 0 Å². The minimum atomic E-state index is 0.980. The smallest absolute Gasteiger partial charge is 0.0831 e. The topological polar surface area (TPSA) is 34.0 Å². The van der Waals surface area contributed by atoms with Crippen molar-refractivity contribution in [1.82, 2.24) is 14.8 Å². The molecular formula is C11H14N4. The molecule has 0 atom stereocenters. The van der Waals surface area contributed by atoms with Gasteiger partial charge in [-0.25, -0.2) is 4.68 Å². The van der Waals surface area contributed by atoms with Gasteiger partial charge in [-0.3, -0.25) is 4.98 Å². The highest BCUT2D eigenvalue weighted by atomic mass is 15.3. The third-order valence-corrected chi connectivity index (χ3v) is 2.27. The average Bonchev–Trinajstić information content (AvgIpc) is 2.62. The molecule has 0 saturated heterocycles. The van der Waals surface area contributed by atoms with Gasteiger partial charge in [0.1, 0.15) is 0 Å². The molecule has 2 rings (SSSR count). The summed E-state index contributed by atoms with van der Waals surface area (Å²) in [6.07, 6.45) is 5.56. The predicted molar refractivity (Wildman–Crippen MR) is 60.4 cm³/mol. The fourth-order valence-corrected chi connectivity index (χ4v) is 1.51. The maximum atomic E-state index is 4.44. The lowest BCUT2D eigenvalue weighted by molar-refractivity contribution is 0.857. The molecule has 2 heterocycles. The average molecular weight is 202 g/mol. The van der Waals surface area contributed by atoms with Gasteiger partial charge >= 0.3 is 0 Å². The molecule has 0 spiro atoms. The summed E-state index contributed by atoms with van der Waals surface area (Å²) in [7, 11) is 4.02. The summed E-state index contributed by atoms with van der Waals surface area (Å²) in [6, 6.07) is 3.89. The van der Waals surface area contributed by atoms with Crippen molar-refractivity contribution in [1.29, 1.82) is 0 Å². The minimum Gasteiger partial charge on any atom is -0.375 e. The van der Waals surface area contributed by atoms with Crippen molar-refractivity contribution in [3.63, 3.8) is 0 Å². The van der Waals surface area contributed by atoms with Crippen molar-refractivity contribution >= 4 is 5.69 Å². The summed E-state index contributed by atoms with van der Waals surface area (Å²) in [5, 5.41) is 4.44. The van der Waals surface area contributed by atoms with E-state index in [9.17, 15) is 0 Å². The van der Waals surface area contributed by atoms with Crippen LogP contribution in [0, 0.1) is 6.92 Å². The summed E-state index contributed by atoms with van der Waals surface area (Å²) in [5.74, 6) is 0. The molecule has 0 unspecified atom stereocenters. The van der Waals surface area contributed by atoms with Crippen LogP contribution in [0.4, 0.5) is 5.69 Å². The summed E-state index contributed by atoms with van der Waals surface area (Å²) in [5.41, 5.74) is 3.12. The Balaban J connectivity index is 2.43. The predicted octanol–water partition coefficient (Wildman–Crippen LogP) is 1.64. The van der Waals surface area contributed by atoms with Crippen LogP contribution in [-0.4, -0.2) is 28.9 Å². The Morgan fingerprint density at radius 3 is 2.67 bits per heavy atom. The van der Waals surface area contributed by atoms with Gasteiger partial charge in [0.2, 0.25) is 0 Å². The fraction of sp³-hybridized carbons (Fsp3) is 0.273. The van der Waals surface area contributed by atoms with Crippen LogP contribution >= 0.6 is 0 Å². The van der Waals surface area contributed by atoms with E-state index in [-0.39, 0.29) is 0 Å². The number of hydrogen-bond donors (Lipinski definition) is 0. The highest BCUT2D eigenvalue weighted by Gasteiger charge is 2.07. The standard InChI is InChI=1S/C11H14N4/c1-9-11(14(2)3)8-15(13-9)10-5-4-6-12-7-10/h4-8H,1-3H3. The molecule has 0 aliphatic heterocycles. The monoisotopic (exact) mass is 202 g/mol. The quantitative estimate of drug-likeness (QED) is 0.742. The summed E-state index contributed by atoms with van der Waals surface area (Å²) in [6.45, 7) is 2.00. The zero-order chi connectivity index (χ0) is 10.8. The van der Waals surface area contributed by atoms with E-state index in [2.05, 4.69) is 15.0 Å². The maximum absolute atomic E-state index is 4.44. The van der Waals surface area contributed by atoms with Crippen molar-refractivity contribution in [2.24, 2.45) is 0 Å². The zero-order valence-electron chi connectivity index (χ0n) is 9.18. The second-order valence-electron chi connectivity index (χ2n) is 3.65. The largest absolute Gasteiger partial charge is 0.375 e. The van der Waals surface area contributed by atoms with E-state index in [1.807, 2.05) is 44.0 Å². The molecular weight excluding hydrogens is 188 g/mol. The lowest BCUT2D eigenvalue weighted by atomic mass is 10.4. The fourth-order valence-electron chi connectivity index (χ4n) is 1.51. The molecule has 0 fully saturated rings. The van der Waals surface area contributed by atoms with Crippen molar-refractivity contribution in [2.75, 3.05) is 19.0 Å². The van der Waals surface area contributed by atoms with Gasteiger partial charge in [0.15, 0.2) is 0 Å². The van der Waals surface area contributed by atoms with Crippen LogP contribution in [0.3, 0.4) is 0 Å². The number of rotatable bonds is 2. The second-order valence-corrected chi connectivity index (χ2v) is 3.65. The van der Waals surface area contributed by atoms with E-state index < -0.39 is 0 Å². The highest BCUT2D eigenvalue weighted by molar-refractivity contribution is 5.49. The van der Waals surface area contributed by atoms with Crippen molar-refractivity contribution < 1.29 is 0 Å². The van der Waals surface area contributed by atoms with Crippen LogP contribution in [0.25, 0.3) is 5.69 Å². The number of hydrogen-bond acceptors (Lipinski definition) is 3. The van der Waals surface area contributed by atoms with E-state index in [0.717, 1.165) is 17.1 Å². The summed E-state index contributed by atoms with van der Waals surface area (Å²) in [4.78, 5) is 6.12. The van der Waals surface area contributed by atoms with Gasteiger partial charge in [-0.15, -0.1) is 0 Å². The molecule has 4 nitrogen and oxygen atoms in total. The first-order valence-corrected chi connectivity index (χ1v) is 4.82. The maximum Gasteiger partial charge on any atom is 0.0831 e. The van der Waals surface area contributed by atoms with Crippen LogP contribution in [0.15, 0.2) is 30.7 Å². The van der Waals surface area contributed by atoms with Gasteiger partial charge in [-0.1, -0.05) is 0 Å². The minimum absolute atomic E-state index is 0.980. The molecule has 0 bridgehead atoms. The third-order valence-electron chi connectivity index (χ3n) is 2.27. The molecule has 2 aromatic heterocycles. The van der Waals surface area contributed by atoms with Crippen LogP contribution in [0.2, 0.25) is 0 Å². The molecule has 0 aliphatic carbocycles. The Morgan fingerprint density at radius 2 is 2.13 bits per heavy atom. The van der Waals surface area contributed by atoms with Gasteiger partial charge in [0.25, 0.3) is 0 Å². The molecule has 0 amide bonds. The van der Waals surface area contributed by atoms with Crippen molar-refractivity contribution in [2.45, 2.75) is 6.92 Å². The van der Waals surface area contributed by atoms with E-state index in [4.69, 9.17) is 0 Å². The molecule has 2 aromatic rings. The van der Waals surface area contributed by atoms with Gasteiger partial charge in [-0.2, -0.15) is 5.10 Å². The van der Waals surface area contributed by atoms with Gasteiger partial charge in [0.05, 0.1) is 29.5 Å². The second kappa shape index (κ2) is 3.73. The van der Waals surface area contributed by atoms with E-state index in [1.54, 1.807) is 12.4 Å². The first-order chi connectivity index (χ1) is 7.18. The van der Waals surface area contributed by atoms with Gasteiger partial charge in [-0.05, 0) is 19.1 Å². The number of aryl methyl sites for hydroxylation is 1. The number of aromatic nitrogens is 3. The van der Waals surface area contributed by atoms with Gasteiger partial charge in [0, 0.05) is 20.3 Å². The van der Waals surface area contributed by atoms with Gasteiger partial charge < -0.3 is 4.90 Å². The zero-order valence-corrected chi connectivity index (χ0v) is 9.18. The van der Waals surface area contributed by atoms with E-state index in [1.165, 1.54) is 0 Å². The Morgan fingerprint density at radius 1 is 1.33 bits per heavy atom. The number of nitrogens with zero attached hydrogens (tertiary/aromatic N) is 4. The number of pyridine rings is 1. The molecule has 15 heavy (non-hydrogen) atoms. The van der Waals surface area contributed by atoms with Crippen LogP contribution < -0.4 is 4.90 Å². The molecule has 78 valence electrons. The third kappa shape index (κ3) is 1.83. The SMILES string of the molecule is Cc1nn(-c2cccnc2)cc1N(C)C. The Hall–Kier alpha value is -1.84. The molecule has 0 radical (unpaired) electrons. The van der Waals surface area contributed by atoms with Crippen molar-refractivity contribution in [3.05, 3.63) is 36.4 Å². The van der Waals surface area contributed by atoms with Crippen LogP contribution in [-0.2, 0) is 0 Å². The number of anilines is 1. The molecule has 4 heteroatoms. The Bertz CT molecular complexity index is 445. The highest BCUT2D eigenvalue weighted by Crippen LogP contribution is 2.17. The first-order valence-electron chi connectivity index (χ1n) is 4.82. The Kier molecular flexibility index (Phi) is 2.41. The molecule has 0 aromatic carbocycles. The van der Waals surface area contributed by atoms with Crippen LogP contribution in [0.1, 0.15) is 5.69 Å². The van der Waals surface area contributed by atoms with Crippen molar-refractivity contribution in [3.8, 4) is 5.69 Å². The first kappa shape index (κ1) is 9.71. The lowest BCUT2D eigenvalue weighted by Crippen LogP contribution is -2.08. The Labute approximate surface area is 89.2 Å². The molecule has 0 aliphatic rings. The molecule has 0 N–H and O–H groups in total. The summed E-state index contributed by atoms with van der Waals surface area (Å²) >= 11 is 0. The molecule has 0 saturated carbocycles.